The van der Waals surface area contributed by atoms with Gasteiger partial charge in [-0.05, 0) is 37.3 Å². The van der Waals surface area contributed by atoms with Gasteiger partial charge in [0.1, 0.15) is 0 Å². The number of nitrogens with zero attached hydrogens (tertiary/aromatic N) is 3. The van der Waals surface area contributed by atoms with Crippen LogP contribution in [-0.4, -0.2) is 27.7 Å². The lowest BCUT2D eigenvalue weighted by atomic mass is 10.2. The molecule has 1 heterocycles. The number of amides is 1. The molecule has 0 spiro atoms. The molecular formula is C19H17ClN4OS. The van der Waals surface area contributed by atoms with Gasteiger partial charge in [0.25, 0.3) is 0 Å². The van der Waals surface area contributed by atoms with Crippen LogP contribution in [0.4, 0.5) is 5.69 Å². The number of fused-ring (bicyclic) bond motifs is 1. The number of para-hydroxylation sites is 1. The number of carbonyl (C=O) groups is 1. The van der Waals surface area contributed by atoms with Gasteiger partial charge in [-0.2, -0.15) is 5.26 Å². The van der Waals surface area contributed by atoms with Gasteiger partial charge in [-0.25, -0.2) is 4.98 Å². The molecule has 0 fully saturated rings. The van der Waals surface area contributed by atoms with E-state index in [1.807, 2.05) is 49.4 Å². The van der Waals surface area contributed by atoms with Gasteiger partial charge in [0.05, 0.1) is 28.8 Å². The summed E-state index contributed by atoms with van der Waals surface area (Å²) in [5, 5.41) is 9.84. The second-order valence-electron chi connectivity index (χ2n) is 5.70. The van der Waals surface area contributed by atoms with Crippen LogP contribution >= 0.6 is 23.4 Å². The van der Waals surface area contributed by atoms with Crippen LogP contribution in [0.3, 0.4) is 0 Å². The molecule has 0 aliphatic heterocycles. The lowest BCUT2D eigenvalue weighted by Gasteiger charge is -2.24. The van der Waals surface area contributed by atoms with E-state index in [0.717, 1.165) is 16.7 Å². The summed E-state index contributed by atoms with van der Waals surface area (Å²) in [5.74, 6) is -0.0602. The number of hydrogen-bond acceptors (Lipinski definition) is 4. The minimum atomic E-state index is -0.357. The van der Waals surface area contributed by atoms with Gasteiger partial charge >= 0.3 is 0 Å². The summed E-state index contributed by atoms with van der Waals surface area (Å²) in [5.41, 5.74) is 2.43. The van der Waals surface area contributed by atoms with Gasteiger partial charge in [-0.1, -0.05) is 41.6 Å². The van der Waals surface area contributed by atoms with Crippen molar-refractivity contribution >= 4 is 46.0 Å². The van der Waals surface area contributed by atoms with Crippen molar-refractivity contribution in [3.05, 3.63) is 53.6 Å². The number of nitrogens with one attached hydrogen (secondary N) is 1. The zero-order chi connectivity index (χ0) is 18.5. The molecule has 0 aliphatic rings. The van der Waals surface area contributed by atoms with E-state index < -0.39 is 0 Å². The van der Waals surface area contributed by atoms with Gasteiger partial charge in [-0.15, -0.1) is 0 Å². The smallest absolute Gasteiger partial charge is 0.240 e. The van der Waals surface area contributed by atoms with E-state index in [9.17, 15) is 4.79 Å². The van der Waals surface area contributed by atoms with Gasteiger partial charge in [0.15, 0.2) is 5.16 Å². The summed E-state index contributed by atoms with van der Waals surface area (Å²) in [6, 6.07) is 16.9. The zero-order valence-corrected chi connectivity index (χ0v) is 15.7. The number of rotatable bonds is 6. The molecule has 1 atom stereocenters. The van der Waals surface area contributed by atoms with Crippen molar-refractivity contribution in [1.29, 1.82) is 5.26 Å². The van der Waals surface area contributed by atoms with Crippen molar-refractivity contribution in [3.63, 3.8) is 0 Å². The zero-order valence-electron chi connectivity index (χ0n) is 14.1. The third-order valence-electron chi connectivity index (χ3n) is 3.84. The van der Waals surface area contributed by atoms with E-state index in [-0.39, 0.29) is 17.6 Å². The number of nitriles is 1. The van der Waals surface area contributed by atoms with E-state index in [1.165, 1.54) is 11.8 Å². The lowest BCUT2D eigenvalue weighted by Crippen LogP contribution is -2.37. The SMILES string of the molecule is C[C@@H](Sc1nc2ccc(Cl)cc2[nH]1)C(=O)N(CCC#N)c1ccccc1. The molecule has 3 rings (SSSR count). The first-order chi connectivity index (χ1) is 12.6. The van der Waals surface area contributed by atoms with Crippen LogP contribution in [0.5, 0.6) is 0 Å². The Morgan fingerprint density at radius 2 is 2.12 bits per heavy atom. The summed E-state index contributed by atoms with van der Waals surface area (Å²) in [7, 11) is 0. The molecular weight excluding hydrogens is 368 g/mol. The Bertz CT molecular complexity index is 951. The van der Waals surface area contributed by atoms with E-state index >= 15 is 0 Å². The normalized spacial score (nSPS) is 11.9. The lowest BCUT2D eigenvalue weighted by molar-refractivity contribution is -0.117. The fraction of sp³-hybridized carbons (Fsp3) is 0.211. The average molecular weight is 385 g/mol. The predicted molar refractivity (Wildman–Crippen MR) is 105 cm³/mol. The van der Waals surface area contributed by atoms with Crippen LogP contribution in [-0.2, 0) is 4.79 Å². The van der Waals surface area contributed by atoms with Crippen LogP contribution in [0.15, 0.2) is 53.7 Å². The Morgan fingerprint density at radius 1 is 1.35 bits per heavy atom. The first kappa shape index (κ1) is 18.3. The molecule has 7 heteroatoms. The number of H-pyrrole nitrogens is 1. The van der Waals surface area contributed by atoms with E-state index in [0.29, 0.717) is 16.7 Å². The van der Waals surface area contributed by atoms with Gasteiger partial charge in [0.2, 0.25) is 5.91 Å². The van der Waals surface area contributed by atoms with Crippen molar-refractivity contribution in [3.8, 4) is 6.07 Å². The summed E-state index contributed by atoms with van der Waals surface area (Å²) in [6.07, 6.45) is 0.279. The molecule has 26 heavy (non-hydrogen) atoms. The summed E-state index contributed by atoms with van der Waals surface area (Å²) in [4.78, 5) is 22.3. The number of aromatic amines is 1. The molecule has 1 aromatic heterocycles. The molecule has 1 N–H and O–H groups in total. The Balaban J connectivity index is 1.78. The maximum absolute atomic E-state index is 13.0. The minimum absolute atomic E-state index is 0.0602. The summed E-state index contributed by atoms with van der Waals surface area (Å²) in [6.45, 7) is 2.20. The van der Waals surface area contributed by atoms with Gasteiger partial charge in [0, 0.05) is 17.3 Å². The maximum Gasteiger partial charge on any atom is 0.240 e. The van der Waals surface area contributed by atoms with Gasteiger partial charge in [-0.3, -0.25) is 4.79 Å². The highest BCUT2D eigenvalue weighted by Gasteiger charge is 2.23. The first-order valence-corrected chi connectivity index (χ1v) is 9.39. The van der Waals surface area contributed by atoms with Crippen LogP contribution in [0, 0.1) is 11.3 Å². The van der Waals surface area contributed by atoms with Crippen LogP contribution in [0.2, 0.25) is 5.02 Å². The molecule has 0 unspecified atom stereocenters. The summed E-state index contributed by atoms with van der Waals surface area (Å²) >= 11 is 7.36. The molecule has 0 radical (unpaired) electrons. The monoisotopic (exact) mass is 384 g/mol. The van der Waals surface area contributed by atoms with E-state index in [1.54, 1.807) is 11.0 Å². The predicted octanol–water partition coefficient (Wildman–Crippen LogP) is 4.64. The first-order valence-electron chi connectivity index (χ1n) is 8.14. The van der Waals surface area contributed by atoms with Crippen molar-refractivity contribution in [1.82, 2.24) is 9.97 Å². The van der Waals surface area contributed by atoms with Crippen LogP contribution < -0.4 is 4.90 Å². The highest BCUT2D eigenvalue weighted by Crippen LogP contribution is 2.27. The second kappa shape index (κ2) is 8.26. The second-order valence-corrected chi connectivity index (χ2v) is 7.46. The molecule has 5 nitrogen and oxygen atoms in total. The third kappa shape index (κ3) is 4.18. The number of aromatic nitrogens is 2. The molecule has 132 valence electrons. The van der Waals surface area contributed by atoms with Crippen molar-refractivity contribution < 1.29 is 4.79 Å². The number of imidazole rings is 1. The largest absolute Gasteiger partial charge is 0.333 e. The number of halogens is 1. The number of thioether (sulfide) groups is 1. The summed E-state index contributed by atoms with van der Waals surface area (Å²) < 4.78 is 0. The van der Waals surface area contributed by atoms with E-state index in [4.69, 9.17) is 16.9 Å². The third-order valence-corrected chi connectivity index (χ3v) is 5.05. The van der Waals surface area contributed by atoms with Crippen molar-refractivity contribution in [2.45, 2.75) is 23.8 Å². The average Bonchev–Trinajstić information content (AvgIpc) is 3.04. The Labute approximate surface area is 161 Å². The number of hydrogen-bond donors (Lipinski definition) is 1. The Hall–Kier alpha value is -2.49. The van der Waals surface area contributed by atoms with Crippen molar-refractivity contribution in [2.24, 2.45) is 0 Å². The molecule has 3 aromatic rings. The number of benzene rings is 2. The highest BCUT2D eigenvalue weighted by atomic mass is 35.5. The van der Waals surface area contributed by atoms with Crippen LogP contribution in [0.1, 0.15) is 13.3 Å². The Kier molecular flexibility index (Phi) is 5.82. The molecule has 0 saturated heterocycles. The molecule has 2 aromatic carbocycles. The van der Waals surface area contributed by atoms with E-state index in [2.05, 4.69) is 16.0 Å². The number of carbonyl (C=O) groups excluding carboxylic acids is 1. The minimum Gasteiger partial charge on any atom is -0.333 e. The fourth-order valence-electron chi connectivity index (χ4n) is 2.59. The van der Waals surface area contributed by atoms with Crippen LogP contribution in [0.25, 0.3) is 11.0 Å². The fourth-order valence-corrected chi connectivity index (χ4v) is 3.64. The van der Waals surface area contributed by atoms with Gasteiger partial charge < -0.3 is 9.88 Å². The maximum atomic E-state index is 13.0. The molecule has 1 amide bonds. The van der Waals surface area contributed by atoms with Crippen molar-refractivity contribution in [2.75, 3.05) is 11.4 Å². The Morgan fingerprint density at radius 3 is 2.85 bits per heavy atom. The molecule has 0 aliphatic carbocycles. The quantitative estimate of drug-likeness (QED) is 0.628. The standard InChI is InChI=1S/C19H17ClN4OS/c1-13(26-19-22-16-9-8-14(20)12-17(16)23-19)18(25)24(11-5-10-21)15-6-3-2-4-7-15/h2-4,6-9,12-13H,5,11H2,1H3,(H,22,23)/t13-/m1/s1. The molecule has 0 bridgehead atoms. The highest BCUT2D eigenvalue weighted by molar-refractivity contribution is 8.00. The topological polar surface area (TPSA) is 72.8 Å². The molecule has 0 saturated carbocycles. The number of anilines is 1.